The van der Waals surface area contributed by atoms with Crippen LogP contribution in [-0.2, 0) is 9.47 Å². The van der Waals surface area contributed by atoms with Crippen LogP contribution in [-0.4, -0.2) is 55.6 Å². The van der Waals surface area contributed by atoms with Gasteiger partial charge in [-0.05, 0) is 55.8 Å². The molecule has 3 aromatic carbocycles. The lowest BCUT2D eigenvalue weighted by atomic mass is 10.1. The first-order chi connectivity index (χ1) is 19.6. The minimum Gasteiger partial charge on any atom is -0.487 e. The van der Waals surface area contributed by atoms with Crippen LogP contribution >= 0.6 is 0 Å². The number of fused-ring (bicyclic) bond motifs is 2. The zero-order chi connectivity index (χ0) is 27.9. The van der Waals surface area contributed by atoms with Crippen LogP contribution in [0.5, 0.6) is 23.0 Å². The molecule has 0 amide bonds. The molecule has 9 heteroatoms. The Labute approximate surface area is 233 Å². The second-order valence-corrected chi connectivity index (χ2v) is 9.21. The molecule has 0 saturated carbocycles. The molecule has 0 radical (unpaired) electrons. The molecule has 5 rings (SSSR count). The van der Waals surface area contributed by atoms with Crippen molar-refractivity contribution in [2.45, 2.75) is 13.8 Å². The number of nitrogens with zero attached hydrogens (tertiary/aromatic N) is 3. The average Bonchev–Trinajstić information content (AvgIpc) is 2.95. The molecular formula is C31H32N4O5. The van der Waals surface area contributed by atoms with Crippen molar-refractivity contribution < 1.29 is 23.7 Å². The molecule has 5 aromatic rings. The van der Waals surface area contributed by atoms with E-state index in [1.54, 1.807) is 14.2 Å². The van der Waals surface area contributed by atoms with E-state index < -0.39 is 0 Å². The van der Waals surface area contributed by atoms with Crippen LogP contribution in [0.4, 0.5) is 11.5 Å². The molecule has 0 aliphatic rings. The van der Waals surface area contributed by atoms with Gasteiger partial charge in [0.15, 0.2) is 17.2 Å². The highest BCUT2D eigenvalue weighted by Crippen LogP contribution is 2.36. The minimum absolute atomic E-state index is 0.380. The minimum atomic E-state index is 0.380. The summed E-state index contributed by atoms with van der Waals surface area (Å²) in [5.41, 5.74) is 4.33. The number of nitrogens with one attached hydrogen (secondary N) is 1. The zero-order valence-electron chi connectivity index (χ0n) is 23.1. The quantitative estimate of drug-likeness (QED) is 0.181. The predicted molar refractivity (Wildman–Crippen MR) is 155 cm³/mol. The normalized spacial score (nSPS) is 11.1. The number of benzene rings is 3. The first kappa shape index (κ1) is 27.1. The van der Waals surface area contributed by atoms with E-state index in [1.165, 1.54) is 6.33 Å². The Kier molecular flexibility index (Phi) is 8.53. The Hall–Kier alpha value is -4.47. The summed E-state index contributed by atoms with van der Waals surface area (Å²) in [5, 5.41) is 5.25. The highest BCUT2D eigenvalue weighted by atomic mass is 16.5. The lowest BCUT2D eigenvalue weighted by Gasteiger charge is -2.16. The Balaban J connectivity index is 1.41. The fourth-order valence-corrected chi connectivity index (χ4v) is 4.26. The van der Waals surface area contributed by atoms with Crippen molar-refractivity contribution in [1.82, 2.24) is 15.0 Å². The van der Waals surface area contributed by atoms with Gasteiger partial charge in [0.05, 0.1) is 18.7 Å². The van der Waals surface area contributed by atoms with Crippen molar-refractivity contribution in [3.63, 3.8) is 0 Å². The SMILES string of the molecule is COCCOc1cc2ncnc(Nc3ccc(Oc4cccc5ccc(C)nc45)c(C)c3)c2cc1OCCOC. The molecule has 2 heterocycles. The van der Waals surface area contributed by atoms with Crippen LogP contribution in [0.2, 0.25) is 0 Å². The van der Waals surface area contributed by atoms with Crippen LogP contribution in [0.25, 0.3) is 21.8 Å². The largest absolute Gasteiger partial charge is 0.487 e. The molecule has 0 spiro atoms. The second-order valence-electron chi connectivity index (χ2n) is 9.21. The van der Waals surface area contributed by atoms with E-state index in [4.69, 9.17) is 23.7 Å². The summed E-state index contributed by atoms with van der Waals surface area (Å²) < 4.78 is 28.4. The van der Waals surface area contributed by atoms with E-state index in [-0.39, 0.29) is 0 Å². The maximum atomic E-state index is 6.30. The standard InChI is InChI=1S/C31H32N4O5/c1-20-16-23(10-11-26(20)40-27-7-5-6-22-9-8-21(2)34-30(22)27)35-31-24-17-28(38-14-12-36-3)29(39-15-13-37-4)18-25(24)32-19-33-31/h5-11,16-19H,12-15H2,1-4H3,(H,32,33,35). The van der Waals surface area contributed by atoms with E-state index in [0.29, 0.717) is 43.7 Å². The Bertz CT molecular complexity index is 1630. The average molecular weight is 541 g/mol. The number of pyridine rings is 1. The Morgan fingerprint density at radius 3 is 2.25 bits per heavy atom. The van der Waals surface area contributed by atoms with Gasteiger partial charge in [0, 0.05) is 42.4 Å². The van der Waals surface area contributed by atoms with Gasteiger partial charge < -0.3 is 29.0 Å². The van der Waals surface area contributed by atoms with Gasteiger partial charge in [-0.2, -0.15) is 0 Å². The van der Waals surface area contributed by atoms with Crippen LogP contribution in [0, 0.1) is 13.8 Å². The van der Waals surface area contributed by atoms with Gasteiger partial charge in [-0.1, -0.05) is 18.2 Å². The maximum Gasteiger partial charge on any atom is 0.163 e. The first-order valence-electron chi connectivity index (χ1n) is 13.0. The third-order valence-electron chi connectivity index (χ3n) is 6.27. The van der Waals surface area contributed by atoms with Gasteiger partial charge in [0.2, 0.25) is 0 Å². The number of ether oxygens (including phenoxy) is 5. The number of hydrogen-bond acceptors (Lipinski definition) is 9. The van der Waals surface area contributed by atoms with Gasteiger partial charge >= 0.3 is 0 Å². The summed E-state index contributed by atoms with van der Waals surface area (Å²) in [6.45, 7) is 5.67. The molecule has 9 nitrogen and oxygen atoms in total. The molecule has 0 unspecified atom stereocenters. The molecule has 1 N–H and O–H groups in total. The number of para-hydroxylation sites is 1. The van der Waals surface area contributed by atoms with Crippen LogP contribution in [0.15, 0.2) is 67.0 Å². The van der Waals surface area contributed by atoms with Crippen molar-refractivity contribution in [2.24, 2.45) is 0 Å². The highest BCUT2D eigenvalue weighted by Gasteiger charge is 2.14. The molecule has 0 aliphatic carbocycles. The van der Waals surface area contributed by atoms with Crippen molar-refractivity contribution in [2.75, 3.05) is 46.0 Å². The molecule has 0 saturated heterocycles. The first-order valence-corrected chi connectivity index (χ1v) is 13.0. The third-order valence-corrected chi connectivity index (χ3v) is 6.27. The molecule has 0 fully saturated rings. The number of aromatic nitrogens is 3. The maximum absolute atomic E-state index is 6.30. The molecule has 2 aromatic heterocycles. The molecule has 40 heavy (non-hydrogen) atoms. The van der Waals surface area contributed by atoms with Crippen LogP contribution in [0.1, 0.15) is 11.3 Å². The van der Waals surface area contributed by atoms with Crippen LogP contribution < -0.4 is 19.5 Å². The summed E-state index contributed by atoms with van der Waals surface area (Å²) in [6.07, 6.45) is 1.52. The number of hydrogen-bond donors (Lipinski definition) is 1. The van der Waals surface area contributed by atoms with E-state index >= 15 is 0 Å². The molecule has 206 valence electrons. The lowest BCUT2D eigenvalue weighted by Crippen LogP contribution is -2.09. The van der Waals surface area contributed by atoms with Gasteiger partial charge in [0.25, 0.3) is 0 Å². The highest BCUT2D eigenvalue weighted by molar-refractivity contribution is 5.93. The van der Waals surface area contributed by atoms with Gasteiger partial charge in [-0.15, -0.1) is 0 Å². The molecule has 0 atom stereocenters. The van der Waals surface area contributed by atoms with E-state index in [2.05, 4.69) is 26.3 Å². The summed E-state index contributed by atoms with van der Waals surface area (Å²) in [7, 11) is 3.26. The summed E-state index contributed by atoms with van der Waals surface area (Å²) in [4.78, 5) is 13.6. The van der Waals surface area contributed by atoms with Crippen molar-refractivity contribution in [1.29, 1.82) is 0 Å². The summed E-state index contributed by atoms with van der Waals surface area (Å²) in [6, 6.07) is 19.6. The Morgan fingerprint density at radius 1 is 0.725 bits per heavy atom. The van der Waals surface area contributed by atoms with Gasteiger partial charge in [0.1, 0.15) is 36.6 Å². The fraction of sp³-hybridized carbons (Fsp3) is 0.258. The summed E-state index contributed by atoms with van der Waals surface area (Å²) in [5.74, 6) is 3.28. The number of aryl methyl sites for hydroxylation is 2. The van der Waals surface area contributed by atoms with Crippen molar-refractivity contribution in [3.05, 3.63) is 78.2 Å². The summed E-state index contributed by atoms with van der Waals surface area (Å²) >= 11 is 0. The van der Waals surface area contributed by atoms with Crippen molar-refractivity contribution >= 4 is 33.3 Å². The topological polar surface area (TPSA) is 96.9 Å². The van der Waals surface area contributed by atoms with Crippen LogP contribution in [0.3, 0.4) is 0 Å². The van der Waals surface area contributed by atoms with Gasteiger partial charge in [-0.3, -0.25) is 0 Å². The van der Waals surface area contributed by atoms with Crippen molar-refractivity contribution in [3.8, 4) is 23.0 Å². The third kappa shape index (κ3) is 6.22. The zero-order valence-corrected chi connectivity index (χ0v) is 23.1. The monoisotopic (exact) mass is 540 g/mol. The van der Waals surface area contributed by atoms with E-state index in [1.807, 2.05) is 68.4 Å². The Morgan fingerprint density at radius 2 is 1.50 bits per heavy atom. The molecule has 0 aliphatic heterocycles. The van der Waals surface area contributed by atoms with E-state index in [9.17, 15) is 0 Å². The number of methoxy groups -OCH3 is 2. The van der Waals surface area contributed by atoms with E-state index in [0.717, 1.165) is 50.2 Å². The predicted octanol–water partition coefficient (Wildman–Crippen LogP) is 6.38. The lowest BCUT2D eigenvalue weighted by molar-refractivity contribution is 0.132. The molecular weight excluding hydrogens is 508 g/mol. The number of rotatable bonds is 12. The smallest absolute Gasteiger partial charge is 0.163 e. The second kappa shape index (κ2) is 12.6. The number of anilines is 2. The fourth-order valence-electron chi connectivity index (χ4n) is 4.26. The van der Waals surface area contributed by atoms with Gasteiger partial charge in [-0.25, -0.2) is 15.0 Å². The molecule has 0 bridgehead atoms.